The van der Waals surface area contributed by atoms with Crippen molar-refractivity contribution in [1.29, 1.82) is 0 Å². The summed E-state index contributed by atoms with van der Waals surface area (Å²) in [5.41, 5.74) is 3.44. The van der Waals surface area contributed by atoms with E-state index in [1.807, 2.05) is 42.5 Å². The third kappa shape index (κ3) is 4.80. The van der Waals surface area contributed by atoms with Crippen molar-refractivity contribution in [2.24, 2.45) is 0 Å². The fraction of sp³-hybridized carbons (Fsp3) is 0.238. The highest BCUT2D eigenvalue weighted by Gasteiger charge is 2.21. The quantitative estimate of drug-likeness (QED) is 0.826. The van der Waals surface area contributed by atoms with Crippen LogP contribution in [0.15, 0.2) is 60.7 Å². The second-order valence-corrected chi connectivity index (χ2v) is 6.17. The molecule has 0 fully saturated rings. The van der Waals surface area contributed by atoms with Gasteiger partial charge in [-0.2, -0.15) is 0 Å². The number of hydrogen-bond donors (Lipinski definition) is 2. The zero-order valence-electron chi connectivity index (χ0n) is 14.1. The lowest BCUT2D eigenvalue weighted by molar-refractivity contribution is -0.124. The van der Waals surface area contributed by atoms with Crippen molar-refractivity contribution in [1.82, 2.24) is 10.6 Å². The minimum absolute atomic E-state index is 0.0172. The van der Waals surface area contributed by atoms with Gasteiger partial charge in [0.1, 0.15) is 0 Å². The minimum Gasteiger partial charge on any atom is -0.348 e. The molecule has 2 aromatic rings. The normalized spacial score (nSPS) is 16.2. The van der Waals surface area contributed by atoms with Gasteiger partial charge >= 0.3 is 0 Å². The molecule has 0 radical (unpaired) electrons. The van der Waals surface area contributed by atoms with E-state index in [9.17, 15) is 9.59 Å². The Morgan fingerprint density at radius 1 is 1.04 bits per heavy atom. The fourth-order valence-corrected chi connectivity index (χ4v) is 3.11. The maximum atomic E-state index is 12.1. The van der Waals surface area contributed by atoms with Gasteiger partial charge in [-0.1, -0.05) is 54.6 Å². The van der Waals surface area contributed by atoms with Gasteiger partial charge in [0.05, 0.1) is 12.6 Å². The molecule has 0 spiro atoms. The molecule has 0 saturated carbocycles. The van der Waals surface area contributed by atoms with E-state index in [0.29, 0.717) is 0 Å². The highest BCUT2D eigenvalue weighted by atomic mass is 16.2. The van der Waals surface area contributed by atoms with Crippen LogP contribution in [-0.4, -0.2) is 18.4 Å². The van der Waals surface area contributed by atoms with Crippen molar-refractivity contribution < 1.29 is 9.59 Å². The Morgan fingerprint density at radius 2 is 1.80 bits per heavy atom. The SMILES string of the molecule is O=C(/C=C/c1ccccc1)NCC(=O)N[C@@H]1CCCc2ccccc21. The average molecular weight is 334 g/mol. The summed E-state index contributed by atoms with van der Waals surface area (Å²) >= 11 is 0. The van der Waals surface area contributed by atoms with E-state index >= 15 is 0 Å². The van der Waals surface area contributed by atoms with Gasteiger partial charge in [-0.25, -0.2) is 0 Å². The molecule has 25 heavy (non-hydrogen) atoms. The first kappa shape index (κ1) is 17.0. The van der Waals surface area contributed by atoms with Crippen LogP contribution in [0.5, 0.6) is 0 Å². The molecule has 4 heteroatoms. The molecule has 0 unspecified atom stereocenters. The molecular weight excluding hydrogens is 312 g/mol. The average Bonchev–Trinajstić information content (AvgIpc) is 2.66. The zero-order valence-corrected chi connectivity index (χ0v) is 14.1. The molecule has 0 heterocycles. The van der Waals surface area contributed by atoms with E-state index in [4.69, 9.17) is 0 Å². The predicted molar refractivity (Wildman–Crippen MR) is 98.7 cm³/mol. The summed E-state index contributed by atoms with van der Waals surface area (Å²) < 4.78 is 0. The molecule has 128 valence electrons. The van der Waals surface area contributed by atoms with E-state index < -0.39 is 0 Å². The zero-order chi connectivity index (χ0) is 17.5. The number of nitrogens with one attached hydrogen (secondary N) is 2. The Labute approximate surface area is 148 Å². The fourth-order valence-electron chi connectivity index (χ4n) is 3.11. The van der Waals surface area contributed by atoms with Crippen molar-refractivity contribution in [3.8, 4) is 0 Å². The minimum atomic E-state index is -0.275. The summed E-state index contributed by atoms with van der Waals surface area (Å²) in [5.74, 6) is -0.439. The van der Waals surface area contributed by atoms with Gasteiger partial charge in [-0.15, -0.1) is 0 Å². The van der Waals surface area contributed by atoms with Crippen LogP contribution in [0, 0.1) is 0 Å². The van der Waals surface area contributed by atoms with Crippen molar-refractivity contribution in [3.63, 3.8) is 0 Å². The summed E-state index contributed by atoms with van der Waals surface area (Å²) in [5, 5.41) is 5.65. The molecule has 0 aromatic heterocycles. The van der Waals surface area contributed by atoms with Gasteiger partial charge in [-0.3, -0.25) is 9.59 Å². The van der Waals surface area contributed by atoms with Gasteiger partial charge in [0.2, 0.25) is 11.8 Å². The maximum absolute atomic E-state index is 12.1. The Balaban J connectivity index is 1.49. The molecule has 2 aromatic carbocycles. The summed E-state index contributed by atoms with van der Waals surface area (Å²) in [6.45, 7) is -0.0172. The van der Waals surface area contributed by atoms with Gasteiger partial charge < -0.3 is 10.6 Å². The third-order valence-electron chi connectivity index (χ3n) is 4.35. The van der Waals surface area contributed by atoms with Gasteiger partial charge in [-0.05, 0) is 42.0 Å². The van der Waals surface area contributed by atoms with Crippen LogP contribution in [0.4, 0.5) is 0 Å². The van der Waals surface area contributed by atoms with Gasteiger partial charge in [0, 0.05) is 6.08 Å². The molecule has 2 N–H and O–H groups in total. The van der Waals surface area contributed by atoms with E-state index in [-0.39, 0.29) is 24.4 Å². The summed E-state index contributed by atoms with van der Waals surface area (Å²) in [7, 11) is 0. The lowest BCUT2D eigenvalue weighted by atomic mass is 9.88. The Bertz CT molecular complexity index is 768. The highest BCUT2D eigenvalue weighted by molar-refractivity contribution is 5.94. The molecule has 4 nitrogen and oxygen atoms in total. The van der Waals surface area contributed by atoms with Crippen LogP contribution in [0.1, 0.15) is 35.6 Å². The van der Waals surface area contributed by atoms with E-state index in [1.54, 1.807) is 6.08 Å². The van der Waals surface area contributed by atoms with E-state index in [1.165, 1.54) is 17.2 Å². The van der Waals surface area contributed by atoms with E-state index in [0.717, 1.165) is 24.8 Å². The third-order valence-corrected chi connectivity index (χ3v) is 4.35. The van der Waals surface area contributed by atoms with Crippen LogP contribution in [0.25, 0.3) is 6.08 Å². The summed E-state index contributed by atoms with van der Waals surface area (Å²) in [6, 6.07) is 17.8. The molecule has 0 bridgehead atoms. The van der Waals surface area contributed by atoms with Crippen molar-refractivity contribution in [2.75, 3.05) is 6.54 Å². The van der Waals surface area contributed by atoms with Crippen molar-refractivity contribution in [2.45, 2.75) is 25.3 Å². The second-order valence-electron chi connectivity index (χ2n) is 6.17. The molecular formula is C21H22N2O2. The first-order valence-electron chi connectivity index (χ1n) is 8.60. The number of amides is 2. The molecule has 0 saturated heterocycles. The number of aryl methyl sites for hydroxylation is 1. The predicted octanol–water partition coefficient (Wildman–Crippen LogP) is 3.01. The molecule has 1 aliphatic rings. The molecule has 0 aliphatic heterocycles. The molecule has 2 amide bonds. The molecule has 1 atom stereocenters. The Hall–Kier alpha value is -2.88. The maximum Gasteiger partial charge on any atom is 0.244 e. The van der Waals surface area contributed by atoms with Crippen LogP contribution in [-0.2, 0) is 16.0 Å². The number of carbonyl (C=O) groups excluding carboxylic acids is 2. The standard InChI is InChI=1S/C21H22N2O2/c24-20(14-13-16-7-2-1-3-8-16)22-15-21(25)23-19-12-6-10-17-9-4-5-11-18(17)19/h1-5,7-9,11,13-14,19H,6,10,12,15H2,(H,22,24)(H,23,25)/b14-13+/t19-/m1/s1. The largest absolute Gasteiger partial charge is 0.348 e. The number of benzene rings is 2. The first-order chi connectivity index (χ1) is 12.2. The summed E-state index contributed by atoms with van der Waals surface area (Å²) in [4.78, 5) is 24.0. The number of carbonyl (C=O) groups is 2. The number of fused-ring (bicyclic) bond motifs is 1. The van der Waals surface area contributed by atoms with Crippen LogP contribution in [0.2, 0.25) is 0 Å². The Morgan fingerprint density at radius 3 is 2.64 bits per heavy atom. The van der Waals surface area contributed by atoms with Gasteiger partial charge in [0.15, 0.2) is 0 Å². The lowest BCUT2D eigenvalue weighted by Gasteiger charge is -2.26. The van der Waals surface area contributed by atoms with Crippen LogP contribution < -0.4 is 10.6 Å². The molecule has 1 aliphatic carbocycles. The van der Waals surface area contributed by atoms with Crippen molar-refractivity contribution >= 4 is 17.9 Å². The first-order valence-corrected chi connectivity index (χ1v) is 8.60. The Kier molecular flexibility index (Phi) is 5.62. The highest BCUT2D eigenvalue weighted by Crippen LogP contribution is 2.29. The lowest BCUT2D eigenvalue weighted by Crippen LogP contribution is -2.39. The van der Waals surface area contributed by atoms with Crippen LogP contribution in [0.3, 0.4) is 0 Å². The van der Waals surface area contributed by atoms with Crippen molar-refractivity contribution in [3.05, 3.63) is 77.4 Å². The number of rotatable bonds is 5. The smallest absolute Gasteiger partial charge is 0.244 e. The van der Waals surface area contributed by atoms with E-state index in [2.05, 4.69) is 22.8 Å². The summed E-state index contributed by atoms with van der Waals surface area (Å²) in [6.07, 6.45) is 6.23. The second kappa shape index (κ2) is 8.29. The monoisotopic (exact) mass is 334 g/mol. The van der Waals surface area contributed by atoms with Crippen LogP contribution >= 0.6 is 0 Å². The topological polar surface area (TPSA) is 58.2 Å². The van der Waals surface area contributed by atoms with Gasteiger partial charge in [0.25, 0.3) is 0 Å². The number of hydrogen-bond acceptors (Lipinski definition) is 2. The molecule has 3 rings (SSSR count).